The topological polar surface area (TPSA) is 146 Å². The van der Waals surface area contributed by atoms with Crippen LogP contribution in [0.15, 0.2) is 108 Å². The molecule has 6 rings (SSSR count). The number of amides is 2. The zero-order chi connectivity index (χ0) is 31.7. The molecule has 12 nitrogen and oxygen atoms in total. The summed E-state index contributed by atoms with van der Waals surface area (Å²) in [5.74, 6) is -1.49. The van der Waals surface area contributed by atoms with E-state index in [1.54, 1.807) is 60.7 Å². The number of hydrogen-bond donors (Lipinski definition) is 0. The molecule has 2 fully saturated rings. The molecule has 230 valence electrons. The van der Waals surface area contributed by atoms with Crippen molar-refractivity contribution in [1.29, 1.82) is 0 Å². The lowest BCUT2D eigenvalue weighted by atomic mass is 9.90. The molecule has 45 heavy (non-hydrogen) atoms. The summed E-state index contributed by atoms with van der Waals surface area (Å²) in [6, 6.07) is 25.0. The van der Waals surface area contributed by atoms with Gasteiger partial charge in [-0.15, -0.1) is 0 Å². The SMILES string of the molecule is CCCOc1ccc(N2C(=O)[C@H]3[C@@H](ON(c4cccc([N+](=O)[O-])c4)[C@H]3c3ccc(OS(=O)(=O)c4ccccc4)cc3)C2=O)cc1. The van der Waals surface area contributed by atoms with Crippen molar-refractivity contribution in [2.45, 2.75) is 30.4 Å². The Balaban J connectivity index is 1.34. The molecular weight excluding hydrogens is 602 g/mol. The third kappa shape index (κ3) is 5.70. The van der Waals surface area contributed by atoms with Crippen molar-refractivity contribution in [3.8, 4) is 11.5 Å². The van der Waals surface area contributed by atoms with E-state index in [0.717, 1.165) is 11.3 Å². The van der Waals surface area contributed by atoms with Gasteiger partial charge in [-0.2, -0.15) is 8.42 Å². The Hall–Kier alpha value is -5.27. The number of nitrogens with zero attached hydrogens (tertiary/aromatic N) is 3. The standard InChI is InChI=1S/C32H27N3O9S/c1-2-19-42-25-17-13-22(14-18-25)33-31(36)28-29(34(43-30(28)32(33)37)23-7-6-8-24(20-23)35(38)39)21-11-15-26(16-12-21)44-45(40,41)27-9-4-3-5-10-27/h3-18,20,28-30H,2,19H2,1H3/t28-,29+,30-/m1/s1. The second kappa shape index (κ2) is 12.0. The van der Waals surface area contributed by atoms with E-state index in [-0.39, 0.29) is 22.0 Å². The molecule has 0 unspecified atom stereocenters. The number of ether oxygens (including phenoxy) is 1. The van der Waals surface area contributed by atoms with E-state index < -0.39 is 44.9 Å². The van der Waals surface area contributed by atoms with Gasteiger partial charge >= 0.3 is 10.1 Å². The largest absolute Gasteiger partial charge is 0.494 e. The molecule has 0 bridgehead atoms. The van der Waals surface area contributed by atoms with E-state index in [9.17, 15) is 28.1 Å². The number of fused-ring (bicyclic) bond motifs is 1. The predicted octanol–water partition coefficient (Wildman–Crippen LogP) is 5.20. The Labute approximate surface area is 258 Å². The van der Waals surface area contributed by atoms with Crippen molar-refractivity contribution >= 4 is 39.0 Å². The molecular formula is C32H27N3O9S. The normalized spacial score (nSPS) is 19.4. The average Bonchev–Trinajstić information content (AvgIpc) is 3.56. The Bertz CT molecular complexity index is 1850. The lowest BCUT2D eigenvalue weighted by Gasteiger charge is -2.28. The quantitative estimate of drug-likeness (QED) is 0.0993. The number of carbonyl (C=O) groups excluding carboxylic acids is 2. The first-order valence-corrected chi connectivity index (χ1v) is 15.5. The summed E-state index contributed by atoms with van der Waals surface area (Å²) in [4.78, 5) is 45.7. The van der Waals surface area contributed by atoms with Gasteiger partial charge in [-0.3, -0.25) is 24.5 Å². The van der Waals surface area contributed by atoms with Gasteiger partial charge in [-0.1, -0.05) is 43.3 Å². The number of non-ortho nitro benzene ring substituents is 1. The Morgan fingerprint density at radius 1 is 0.844 bits per heavy atom. The maximum absolute atomic E-state index is 14.0. The van der Waals surface area contributed by atoms with Crippen molar-refractivity contribution < 1.29 is 36.7 Å². The van der Waals surface area contributed by atoms with Crippen LogP contribution in [0.2, 0.25) is 0 Å². The average molecular weight is 630 g/mol. The van der Waals surface area contributed by atoms with Gasteiger partial charge in [0.05, 0.1) is 28.9 Å². The highest BCUT2D eigenvalue weighted by molar-refractivity contribution is 7.87. The molecule has 0 radical (unpaired) electrons. The third-order valence-corrected chi connectivity index (χ3v) is 8.70. The Morgan fingerprint density at radius 2 is 1.53 bits per heavy atom. The Morgan fingerprint density at radius 3 is 2.20 bits per heavy atom. The number of benzene rings is 4. The van der Waals surface area contributed by atoms with Crippen LogP contribution in [0.5, 0.6) is 11.5 Å². The van der Waals surface area contributed by atoms with E-state index >= 15 is 0 Å². The number of imide groups is 1. The van der Waals surface area contributed by atoms with Crippen LogP contribution >= 0.6 is 0 Å². The van der Waals surface area contributed by atoms with E-state index in [4.69, 9.17) is 13.8 Å². The highest BCUT2D eigenvalue weighted by atomic mass is 32.2. The van der Waals surface area contributed by atoms with Crippen LogP contribution in [-0.2, 0) is 24.5 Å². The zero-order valence-corrected chi connectivity index (χ0v) is 24.7. The fourth-order valence-electron chi connectivity index (χ4n) is 5.37. The van der Waals surface area contributed by atoms with Crippen molar-refractivity contribution in [1.82, 2.24) is 0 Å². The molecule has 0 aliphatic carbocycles. The Kier molecular flexibility index (Phi) is 7.96. The summed E-state index contributed by atoms with van der Waals surface area (Å²) in [5, 5.41) is 12.8. The summed E-state index contributed by atoms with van der Waals surface area (Å²) in [7, 11) is -4.10. The van der Waals surface area contributed by atoms with Crippen molar-refractivity contribution in [2.24, 2.45) is 5.92 Å². The molecule has 2 saturated heterocycles. The van der Waals surface area contributed by atoms with Crippen LogP contribution in [0.4, 0.5) is 17.1 Å². The lowest BCUT2D eigenvalue weighted by Crippen LogP contribution is -2.37. The van der Waals surface area contributed by atoms with Gasteiger partial charge in [-0.25, -0.2) is 9.96 Å². The smallest absolute Gasteiger partial charge is 0.339 e. The summed E-state index contributed by atoms with van der Waals surface area (Å²) in [6.07, 6.45) is -0.392. The minimum Gasteiger partial charge on any atom is -0.494 e. The fourth-order valence-corrected chi connectivity index (χ4v) is 6.32. The fraction of sp³-hybridized carbons (Fsp3) is 0.188. The molecule has 0 spiro atoms. The number of nitro benzene ring substituents is 1. The van der Waals surface area contributed by atoms with Gasteiger partial charge < -0.3 is 8.92 Å². The lowest BCUT2D eigenvalue weighted by molar-refractivity contribution is -0.384. The van der Waals surface area contributed by atoms with Gasteiger partial charge in [-0.05, 0) is 66.6 Å². The molecule has 0 saturated carbocycles. The van der Waals surface area contributed by atoms with E-state index in [1.807, 2.05) is 6.92 Å². The van der Waals surface area contributed by atoms with Crippen LogP contribution in [0.25, 0.3) is 0 Å². The highest BCUT2D eigenvalue weighted by Crippen LogP contribution is 2.48. The van der Waals surface area contributed by atoms with Crippen LogP contribution in [0.1, 0.15) is 24.9 Å². The predicted molar refractivity (Wildman–Crippen MR) is 162 cm³/mol. The van der Waals surface area contributed by atoms with E-state index in [2.05, 4.69) is 0 Å². The van der Waals surface area contributed by atoms with Gasteiger partial charge in [0.25, 0.3) is 11.6 Å². The molecule has 2 heterocycles. The molecule has 2 aliphatic rings. The zero-order valence-electron chi connectivity index (χ0n) is 23.9. The molecule has 3 atom stereocenters. The second-order valence-electron chi connectivity index (χ2n) is 10.4. The number of hydrogen-bond acceptors (Lipinski definition) is 10. The molecule has 0 aromatic heterocycles. The maximum Gasteiger partial charge on any atom is 0.339 e. The van der Waals surface area contributed by atoms with Gasteiger partial charge in [0.2, 0.25) is 5.91 Å². The van der Waals surface area contributed by atoms with Crippen molar-refractivity contribution in [2.75, 3.05) is 16.6 Å². The summed E-state index contributed by atoms with van der Waals surface area (Å²) in [6.45, 7) is 2.51. The van der Waals surface area contributed by atoms with Crippen LogP contribution in [0.3, 0.4) is 0 Å². The summed E-state index contributed by atoms with van der Waals surface area (Å²) >= 11 is 0. The second-order valence-corrected chi connectivity index (χ2v) is 11.9. The van der Waals surface area contributed by atoms with Crippen LogP contribution in [-0.4, -0.2) is 37.9 Å². The number of hydroxylamine groups is 1. The monoisotopic (exact) mass is 629 g/mol. The van der Waals surface area contributed by atoms with Crippen molar-refractivity contribution in [3.63, 3.8) is 0 Å². The minimum absolute atomic E-state index is 0.0157. The molecule has 4 aromatic carbocycles. The van der Waals surface area contributed by atoms with Crippen molar-refractivity contribution in [3.05, 3.63) is 119 Å². The van der Waals surface area contributed by atoms with Gasteiger partial charge in [0, 0.05) is 12.1 Å². The third-order valence-electron chi connectivity index (χ3n) is 7.44. The first-order chi connectivity index (χ1) is 21.7. The van der Waals surface area contributed by atoms with Crippen LogP contribution < -0.4 is 18.9 Å². The molecule has 0 N–H and O–H groups in total. The molecule has 2 amide bonds. The van der Waals surface area contributed by atoms with Crippen LogP contribution in [0, 0.1) is 16.0 Å². The highest BCUT2D eigenvalue weighted by Gasteiger charge is 2.60. The molecule has 4 aromatic rings. The van der Waals surface area contributed by atoms with E-state index in [1.165, 1.54) is 47.5 Å². The number of carbonyl (C=O) groups is 2. The van der Waals surface area contributed by atoms with Gasteiger partial charge in [0.1, 0.15) is 22.3 Å². The first-order valence-electron chi connectivity index (χ1n) is 14.1. The number of nitro groups is 1. The van der Waals surface area contributed by atoms with Gasteiger partial charge in [0.15, 0.2) is 6.10 Å². The minimum atomic E-state index is -4.10. The van der Waals surface area contributed by atoms with E-state index in [0.29, 0.717) is 23.6 Å². The number of rotatable bonds is 10. The number of anilines is 2. The molecule has 13 heteroatoms. The maximum atomic E-state index is 14.0. The first kappa shape index (κ1) is 29.8. The summed E-state index contributed by atoms with van der Waals surface area (Å²) < 4.78 is 36.4. The molecule has 2 aliphatic heterocycles. The summed E-state index contributed by atoms with van der Waals surface area (Å²) in [5.41, 5.74) is 0.902.